The summed E-state index contributed by atoms with van der Waals surface area (Å²) in [7, 11) is 0. The Balaban J connectivity index is 2.07. The van der Waals surface area contributed by atoms with Crippen molar-refractivity contribution in [1.82, 2.24) is 0 Å². The van der Waals surface area contributed by atoms with Gasteiger partial charge in [-0.25, -0.2) is 0 Å². The van der Waals surface area contributed by atoms with Crippen LogP contribution in [0.15, 0.2) is 12.2 Å². The Morgan fingerprint density at radius 2 is 1.93 bits per heavy atom. The van der Waals surface area contributed by atoms with Crippen LogP contribution in [-0.2, 0) is 0 Å². The van der Waals surface area contributed by atoms with Crippen LogP contribution >= 0.6 is 0 Å². The molecule has 15 heavy (non-hydrogen) atoms. The quantitative estimate of drug-likeness (QED) is 0.513. The Bertz CT molecular complexity index is 312. The van der Waals surface area contributed by atoms with E-state index in [1.165, 1.54) is 32.1 Å². The standard InChI is InChI=1S/C15H24/c1-10-5-6-13-11(2)14(3,4)12-7-8-15(10,13)9-12/h10,12-13H,2,5-9H2,1,3-4H3/t10-,12?,13+,15-/m0/s1. The van der Waals surface area contributed by atoms with Crippen LogP contribution in [0.2, 0.25) is 0 Å². The Morgan fingerprint density at radius 1 is 1.20 bits per heavy atom. The van der Waals surface area contributed by atoms with Gasteiger partial charge in [-0.2, -0.15) is 0 Å². The van der Waals surface area contributed by atoms with Crippen molar-refractivity contribution in [1.29, 1.82) is 0 Å². The third-order valence-electron chi connectivity index (χ3n) is 6.42. The van der Waals surface area contributed by atoms with Crippen molar-refractivity contribution < 1.29 is 0 Å². The van der Waals surface area contributed by atoms with Gasteiger partial charge < -0.3 is 0 Å². The van der Waals surface area contributed by atoms with Gasteiger partial charge >= 0.3 is 0 Å². The molecule has 4 atom stereocenters. The van der Waals surface area contributed by atoms with Gasteiger partial charge in [0.25, 0.3) is 0 Å². The third-order valence-corrected chi connectivity index (χ3v) is 6.42. The van der Waals surface area contributed by atoms with E-state index in [0.717, 1.165) is 17.8 Å². The van der Waals surface area contributed by atoms with Crippen LogP contribution in [0.4, 0.5) is 0 Å². The molecule has 0 amide bonds. The summed E-state index contributed by atoms with van der Waals surface area (Å²) >= 11 is 0. The van der Waals surface area contributed by atoms with E-state index in [4.69, 9.17) is 0 Å². The number of rotatable bonds is 0. The Labute approximate surface area is 94.1 Å². The summed E-state index contributed by atoms with van der Waals surface area (Å²) in [5, 5.41) is 0. The fourth-order valence-corrected chi connectivity index (χ4v) is 5.05. The summed E-state index contributed by atoms with van der Waals surface area (Å²) in [4.78, 5) is 0. The molecule has 2 bridgehead atoms. The maximum Gasteiger partial charge on any atom is -0.0116 e. The van der Waals surface area contributed by atoms with Gasteiger partial charge in [0.15, 0.2) is 0 Å². The Morgan fingerprint density at radius 3 is 2.67 bits per heavy atom. The van der Waals surface area contributed by atoms with Gasteiger partial charge in [-0.15, -0.1) is 0 Å². The molecule has 3 fully saturated rings. The van der Waals surface area contributed by atoms with Gasteiger partial charge in [0, 0.05) is 0 Å². The van der Waals surface area contributed by atoms with E-state index in [1.54, 1.807) is 5.57 Å². The number of fused-ring (bicyclic) bond motifs is 1. The van der Waals surface area contributed by atoms with E-state index in [9.17, 15) is 0 Å². The molecule has 0 heterocycles. The van der Waals surface area contributed by atoms with Crippen LogP contribution < -0.4 is 0 Å². The predicted octanol–water partition coefficient (Wildman–Crippen LogP) is 4.42. The van der Waals surface area contributed by atoms with Crippen molar-refractivity contribution in [3.05, 3.63) is 12.2 Å². The second-order valence-electron chi connectivity index (χ2n) is 6.95. The van der Waals surface area contributed by atoms with Gasteiger partial charge in [-0.3, -0.25) is 0 Å². The lowest BCUT2D eigenvalue weighted by molar-refractivity contribution is 0.0881. The number of allylic oxidation sites excluding steroid dienone is 1. The molecular formula is C15H24. The second kappa shape index (κ2) is 2.70. The molecule has 3 aliphatic rings. The molecule has 0 nitrogen and oxygen atoms in total. The zero-order valence-corrected chi connectivity index (χ0v) is 10.5. The molecule has 0 heteroatoms. The van der Waals surface area contributed by atoms with E-state index < -0.39 is 0 Å². The highest BCUT2D eigenvalue weighted by molar-refractivity contribution is 5.26. The molecule has 0 aromatic rings. The van der Waals surface area contributed by atoms with E-state index in [-0.39, 0.29) is 0 Å². The predicted molar refractivity (Wildman–Crippen MR) is 64.6 cm³/mol. The molecule has 1 spiro atoms. The topological polar surface area (TPSA) is 0 Å². The summed E-state index contributed by atoms with van der Waals surface area (Å²) in [6, 6.07) is 0. The molecule has 0 aliphatic heterocycles. The highest BCUT2D eigenvalue weighted by Crippen LogP contribution is 2.69. The highest BCUT2D eigenvalue weighted by Gasteiger charge is 2.60. The van der Waals surface area contributed by atoms with Crippen LogP contribution in [0, 0.1) is 28.6 Å². The second-order valence-corrected chi connectivity index (χ2v) is 6.95. The van der Waals surface area contributed by atoms with Gasteiger partial charge in [-0.05, 0) is 60.7 Å². The Kier molecular flexibility index (Phi) is 1.79. The lowest BCUT2D eigenvalue weighted by Gasteiger charge is -2.48. The lowest BCUT2D eigenvalue weighted by atomic mass is 9.56. The van der Waals surface area contributed by atoms with Crippen LogP contribution in [0.3, 0.4) is 0 Å². The van der Waals surface area contributed by atoms with Gasteiger partial charge in [0.1, 0.15) is 0 Å². The third kappa shape index (κ3) is 0.990. The van der Waals surface area contributed by atoms with Crippen LogP contribution in [0.5, 0.6) is 0 Å². The SMILES string of the molecule is C=C1[C@H]2CC[C@H](C)[C@@]23CCC(C3)C1(C)C. The fourth-order valence-electron chi connectivity index (χ4n) is 5.05. The largest absolute Gasteiger partial charge is 0.0990 e. The van der Waals surface area contributed by atoms with E-state index in [0.29, 0.717) is 10.8 Å². The average Bonchev–Trinajstić information content (AvgIpc) is 2.72. The van der Waals surface area contributed by atoms with E-state index in [2.05, 4.69) is 27.4 Å². The minimum atomic E-state index is 0.425. The summed E-state index contributed by atoms with van der Waals surface area (Å²) < 4.78 is 0. The molecule has 0 aromatic heterocycles. The number of hydrogen-bond acceptors (Lipinski definition) is 0. The minimum Gasteiger partial charge on any atom is -0.0990 e. The monoisotopic (exact) mass is 204 g/mol. The van der Waals surface area contributed by atoms with Crippen molar-refractivity contribution in [2.24, 2.45) is 28.6 Å². The summed E-state index contributed by atoms with van der Waals surface area (Å²) in [5.74, 6) is 2.75. The molecular weight excluding hydrogens is 180 g/mol. The zero-order valence-electron chi connectivity index (χ0n) is 10.5. The molecule has 0 aromatic carbocycles. The van der Waals surface area contributed by atoms with Crippen molar-refractivity contribution in [3.8, 4) is 0 Å². The molecule has 84 valence electrons. The molecule has 3 aliphatic carbocycles. The number of hydrogen-bond donors (Lipinski definition) is 0. The first-order valence-electron chi connectivity index (χ1n) is 6.68. The maximum absolute atomic E-state index is 4.48. The molecule has 0 N–H and O–H groups in total. The summed E-state index contributed by atoms with van der Waals surface area (Å²) in [5.41, 5.74) is 2.71. The molecule has 3 rings (SSSR count). The normalized spacial score (nSPS) is 51.9. The maximum atomic E-state index is 4.48. The van der Waals surface area contributed by atoms with Crippen LogP contribution in [0.25, 0.3) is 0 Å². The van der Waals surface area contributed by atoms with Crippen molar-refractivity contribution in [2.45, 2.75) is 52.9 Å². The van der Waals surface area contributed by atoms with Gasteiger partial charge in [0.2, 0.25) is 0 Å². The molecule has 0 saturated heterocycles. The van der Waals surface area contributed by atoms with Crippen molar-refractivity contribution in [3.63, 3.8) is 0 Å². The summed E-state index contributed by atoms with van der Waals surface area (Å²) in [6.45, 7) is 11.9. The molecule has 0 radical (unpaired) electrons. The minimum absolute atomic E-state index is 0.425. The van der Waals surface area contributed by atoms with Crippen molar-refractivity contribution >= 4 is 0 Å². The van der Waals surface area contributed by atoms with E-state index >= 15 is 0 Å². The zero-order chi connectivity index (χ0) is 10.8. The van der Waals surface area contributed by atoms with Crippen LogP contribution in [-0.4, -0.2) is 0 Å². The average molecular weight is 204 g/mol. The highest BCUT2D eigenvalue weighted by atomic mass is 14.6. The smallest absolute Gasteiger partial charge is 0.0116 e. The fraction of sp³-hybridized carbons (Fsp3) is 0.867. The first-order valence-corrected chi connectivity index (χ1v) is 6.68. The summed E-state index contributed by atoms with van der Waals surface area (Å²) in [6.07, 6.45) is 7.34. The van der Waals surface area contributed by atoms with Gasteiger partial charge in [0.05, 0.1) is 0 Å². The van der Waals surface area contributed by atoms with Crippen molar-refractivity contribution in [2.75, 3.05) is 0 Å². The first kappa shape index (κ1) is 9.93. The van der Waals surface area contributed by atoms with E-state index in [1.807, 2.05) is 0 Å². The molecule has 1 unspecified atom stereocenters. The first-order chi connectivity index (χ1) is 6.98. The van der Waals surface area contributed by atoms with Crippen LogP contribution in [0.1, 0.15) is 52.9 Å². The molecule has 3 saturated carbocycles. The lowest BCUT2D eigenvalue weighted by Crippen LogP contribution is -2.40. The van der Waals surface area contributed by atoms with Gasteiger partial charge in [-0.1, -0.05) is 32.9 Å². The Hall–Kier alpha value is -0.260.